The zero-order valence-electron chi connectivity index (χ0n) is 12.2. The smallest absolute Gasteiger partial charge is 0.263 e. The van der Waals surface area contributed by atoms with E-state index in [9.17, 15) is 13.2 Å². The van der Waals surface area contributed by atoms with Crippen LogP contribution in [0.4, 0.5) is 13.2 Å². The molecule has 8 nitrogen and oxygen atoms in total. The molecule has 0 aliphatic rings. The molecule has 0 spiro atoms. The minimum absolute atomic E-state index is 0.102. The highest BCUT2D eigenvalue weighted by molar-refractivity contribution is 9.10. The fourth-order valence-electron chi connectivity index (χ4n) is 2.46. The summed E-state index contributed by atoms with van der Waals surface area (Å²) in [5.41, 5.74) is 0.151. The van der Waals surface area contributed by atoms with Gasteiger partial charge in [0.2, 0.25) is 5.82 Å². The van der Waals surface area contributed by atoms with Crippen molar-refractivity contribution in [2.45, 2.75) is 6.18 Å². The molecule has 0 saturated heterocycles. The molecule has 0 fully saturated rings. The van der Waals surface area contributed by atoms with Gasteiger partial charge in [-0.05, 0) is 15.9 Å². The molecule has 0 saturated carbocycles. The number of nitrogens with zero attached hydrogens (tertiary/aromatic N) is 8. The minimum atomic E-state index is -4.58. The first kappa shape index (κ1) is 15.1. The number of hydrogen-bond acceptors (Lipinski definition) is 5. The average Bonchev–Trinajstić information content (AvgIpc) is 3.14. The van der Waals surface area contributed by atoms with Gasteiger partial charge in [0.15, 0.2) is 17.0 Å². The first-order valence-corrected chi connectivity index (χ1v) is 7.40. The predicted molar refractivity (Wildman–Crippen MR) is 80.0 cm³/mol. The Kier molecular flexibility index (Phi) is 2.98. The third-order valence-corrected chi connectivity index (χ3v) is 4.29. The molecule has 0 aromatic carbocycles. The van der Waals surface area contributed by atoms with E-state index in [1.165, 1.54) is 17.9 Å². The van der Waals surface area contributed by atoms with Crippen LogP contribution in [0.2, 0.25) is 0 Å². The zero-order valence-corrected chi connectivity index (χ0v) is 13.8. The molecule has 0 radical (unpaired) electrons. The van der Waals surface area contributed by atoms with Gasteiger partial charge in [-0.1, -0.05) is 0 Å². The van der Waals surface area contributed by atoms with E-state index in [-0.39, 0.29) is 16.0 Å². The van der Waals surface area contributed by atoms with E-state index in [0.717, 1.165) is 4.68 Å². The van der Waals surface area contributed by atoms with Crippen molar-refractivity contribution in [3.63, 3.8) is 0 Å². The molecule has 124 valence electrons. The van der Waals surface area contributed by atoms with Gasteiger partial charge in [0.1, 0.15) is 12.0 Å². The standard InChI is InChI=1S/C12H8BrF3N8/c1-22-7(6(13)8(20-22)12(14,15)16)9-19-11-5-3-18-23(2)10(5)17-4-24(11)21-9/h3-4H,1-2H3. The van der Waals surface area contributed by atoms with Crippen molar-refractivity contribution in [3.05, 3.63) is 22.7 Å². The van der Waals surface area contributed by atoms with Crippen LogP contribution in [0, 0.1) is 0 Å². The Morgan fingerprint density at radius 2 is 1.83 bits per heavy atom. The second kappa shape index (κ2) is 4.75. The molecule has 0 unspecified atom stereocenters. The summed E-state index contributed by atoms with van der Waals surface area (Å²) < 4.78 is 42.9. The first-order chi connectivity index (χ1) is 11.3. The predicted octanol–water partition coefficient (Wildman–Crippen LogP) is 2.19. The number of alkyl halides is 3. The van der Waals surface area contributed by atoms with Gasteiger partial charge in [0, 0.05) is 14.1 Å². The van der Waals surface area contributed by atoms with Crippen molar-refractivity contribution in [3.8, 4) is 11.5 Å². The topological polar surface area (TPSA) is 78.7 Å². The summed E-state index contributed by atoms with van der Waals surface area (Å²) in [5, 5.41) is 12.5. The number of halogens is 4. The van der Waals surface area contributed by atoms with Gasteiger partial charge in [-0.3, -0.25) is 9.36 Å². The van der Waals surface area contributed by atoms with Gasteiger partial charge in [0.05, 0.1) is 16.1 Å². The van der Waals surface area contributed by atoms with Crippen LogP contribution in [0.1, 0.15) is 5.69 Å². The van der Waals surface area contributed by atoms with Crippen molar-refractivity contribution in [2.24, 2.45) is 14.1 Å². The van der Waals surface area contributed by atoms with Crippen molar-refractivity contribution in [1.82, 2.24) is 39.1 Å². The van der Waals surface area contributed by atoms with Gasteiger partial charge in [-0.2, -0.15) is 23.4 Å². The Morgan fingerprint density at radius 3 is 2.50 bits per heavy atom. The third kappa shape index (κ3) is 2.02. The number of fused-ring (bicyclic) bond motifs is 3. The summed E-state index contributed by atoms with van der Waals surface area (Å²) in [6.45, 7) is 0. The Hall–Kier alpha value is -2.50. The SMILES string of the molecule is Cn1nc(C(F)(F)F)c(Br)c1-c1nc2c3cnn(C)c3ncn2n1. The highest BCUT2D eigenvalue weighted by Crippen LogP contribution is 2.38. The molecular weight excluding hydrogens is 393 g/mol. The van der Waals surface area contributed by atoms with E-state index in [4.69, 9.17) is 0 Å². The molecule has 4 aromatic heterocycles. The van der Waals surface area contributed by atoms with Crippen molar-refractivity contribution in [1.29, 1.82) is 0 Å². The average molecular weight is 401 g/mol. The van der Waals surface area contributed by atoms with Crippen LogP contribution in [0.25, 0.3) is 28.2 Å². The fourth-order valence-corrected chi connectivity index (χ4v) is 3.20. The Balaban J connectivity index is 1.98. The number of aromatic nitrogens is 8. The molecule has 12 heteroatoms. The number of rotatable bonds is 1. The molecule has 0 bridgehead atoms. The van der Waals surface area contributed by atoms with E-state index in [1.807, 2.05) is 0 Å². The summed E-state index contributed by atoms with van der Waals surface area (Å²) in [4.78, 5) is 8.55. The monoisotopic (exact) mass is 400 g/mol. The second-order valence-corrected chi connectivity index (χ2v) is 5.88. The molecule has 4 heterocycles. The van der Waals surface area contributed by atoms with Crippen LogP contribution in [-0.4, -0.2) is 39.1 Å². The lowest BCUT2D eigenvalue weighted by Gasteiger charge is -2.01. The van der Waals surface area contributed by atoms with Crippen molar-refractivity contribution >= 4 is 32.6 Å². The molecule has 24 heavy (non-hydrogen) atoms. The number of aryl methyl sites for hydroxylation is 2. The maximum Gasteiger partial charge on any atom is 0.436 e. The zero-order chi connectivity index (χ0) is 17.2. The van der Waals surface area contributed by atoms with E-state index in [1.54, 1.807) is 17.9 Å². The van der Waals surface area contributed by atoms with E-state index >= 15 is 0 Å². The molecule has 4 aromatic rings. The minimum Gasteiger partial charge on any atom is -0.263 e. The summed E-state index contributed by atoms with van der Waals surface area (Å²) in [7, 11) is 3.13. The lowest BCUT2D eigenvalue weighted by molar-refractivity contribution is -0.142. The second-order valence-electron chi connectivity index (χ2n) is 5.09. The number of hydrogen-bond donors (Lipinski definition) is 0. The highest BCUT2D eigenvalue weighted by atomic mass is 79.9. The van der Waals surface area contributed by atoms with E-state index in [0.29, 0.717) is 16.7 Å². The van der Waals surface area contributed by atoms with Crippen LogP contribution < -0.4 is 0 Å². The van der Waals surface area contributed by atoms with Gasteiger partial charge >= 0.3 is 6.18 Å². The maximum absolute atomic E-state index is 13.0. The van der Waals surface area contributed by atoms with Gasteiger partial charge in [0.25, 0.3) is 0 Å². The Bertz CT molecular complexity index is 1090. The molecule has 0 atom stereocenters. The van der Waals surface area contributed by atoms with E-state index < -0.39 is 11.9 Å². The van der Waals surface area contributed by atoms with Crippen LogP contribution in [-0.2, 0) is 20.3 Å². The lowest BCUT2D eigenvalue weighted by Crippen LogP contribution is -2.07. The highest BCUT2D eigenvalue weighted by Gasteiger charge is 2.39. The molecular formula is C12H8BrF3N8. The van der Waals surface area contributed by atoms with Crippen LogP contribution in [0.3, 0.4) is 0 Å². The third-order valence-electron chi connectivity index (χ3n) is 3.54. The lowest BCUT2D eigenvalue weighted by atomic mass is 10.3. The molecule has 0 amide bonds. The largest absolute Gasteiger partial charge is 0.436 e. The van der Waals surface area contributed by atoms with Gasteiger partial charge in [-0.25, -0.2) is 14.5 Å². The van der Waals surface area contributed by atoms with Crippen LogP contribution >= 0.6 is 15.9 Å². The van der Waals surface area contributed by atoms with Crippen LogP contribution in [0.15, 0.2) is 17.0 Å². The summed E-state index contributed by atoms with van der Waals surface area (Å²) in [5.74, 6) is 0.102. The summed E-state index contributed by atoms with van der Waals surface area (Å²) in [6, 6.07) is 0. The van der Waals surface area contributed by atoms with Crippen LogP contribution in [0.5, 0.6) is 0 Å². The Morgan fingerprint density at radius 1 is 1.08 bits per heavy atom. The normalized spacial score (nSPS) is 12.6. The summed E-state index contributed by atoms with van der Waals surface area (Å²) in [6.07, 6.45) is -1.56. The van der Waals surface area contributed by atoms with Gasteiger partial charge < -0.3 is 0 Å². The first-order valence-electron chi connectivity index (χ1n) is 6.60. The van der Waals surface area contributed by atoms with Crippen molar-refractivity contribution < 1.29 is 13.2 Å². The molecule has 0 N–H and O–H groups in total. The maximum atomic E-state index is 13.0. The van der Waals surface area contributed by atoms with E-state index in [2.05, 4.69) is 41.2 Å². The fraction of sp³-hybridized carbons (Fsp3) is 0.250. The molecule has 0 aliphatic carbocycles. The Labute approximate surface area is 140 Å². The van der Waals surface area contributed by atoms with Crippen molar-refractivity contribution in [2.75, 3.05) is 0 Å². The molecule has 0 aliphatic heterocycles. The quantitative estimate of drug-likeness (QED) is 0.489. The van der Waals surface area contributed by atoms with Gasteiger partial charge in [-0.15, -0.1) is 5.10 Å². The summed E-state index contributed by atoms with van der Waals surface area (Å²) >= 11 is 2.96. The molecule has 4 rings (SSSR count).